The first-order valence-electron chi connectivity index (χ1n) is 6.02. The van der Waals surface area contributed by atoms with Crippen molar-refractivity contribution in [3.05, 3.63) is 35.5 Å². The van der Waals surface area contributed by atoms with Gasteiger partial charge in [-0.05, 0) is 6.92 Å². The van der Waals surface area contributed by atoms with Crippen LogP contribution in [0.15, 0.2) is 18.5 Å². The van der Waals surface area contributed by atoms with Gasteiger partial charge in [-0.2, -0.15) is 5.10 Å². The van der Waals surface area contributed by atoms with Gasteiger partial charge in [-0.15, -0.1) is 0 Å². The van der Waals surface area contributed by atoms with Gasteiger partial charge in [-0.1, -0.05) is 20.8 Å². The third-order valence-corrected chi connectivity index (χ3v) is 2.64. The van der Waals surface area contributed by atoms with Crippen LogP contribution in [0.5, 0.6) is 0 Å². The molecule has 2 heterocycles. The summed E-state index contributed by atoms with van der Waals surface area (Å²) < 4.78 is 0. The summed E-state index contributed by atoms with van der Waals surface area (Å²) in [6.07, 6.45) is 3.00. The van der Waals surface area contributed by atoms with Gasteiger partial charge in [0.2, 0.25) is 0 Å². The second kappa shape index (κ2) is 4.79. The third-order valence-electron chi connectivity index (χ3n) is 2.64. The molecular formula is C13H17N5O. The molecule has 0 saturated heterocycles. The average Bonchev–Trinajstić information content (AvgIpc) is 2.78. The van der Waals surface area contributed by atoms with Crippen molar-refractivity contribution in [2.24, 2.45) is 0 Å². The molecule has 0 aliphatic heterocycles. The fraction of sp³-hybridized carbons (Fsp3) is 0.385. The highest BCUT2D eigenvalue weighted by Crippen LogP contribution is 2.21. The summed E-state index contributed by atoms with van der Waals surface area (Å²) in [5.41, 5.74) is 1.95. The molecule has 2 rings (SSSR count). The van der Waals surface area contributed by atoms with Crippen LogP contribution in [-0.2, 0) is 5.41 Å². The number of amides is 1. The Morgan fingerprint density at radius 2 is 2.00 bits per heavy atom. The normalized spacial score (nSPS) is 11.4. The van der Waals surface area contributed by atoms with Crippen LogP contribution < -0.4 is 5.32 Å². The first-order valence-corrected chi connectivity index (χ1v) is 6.02. The zero-order valence-electron chi connectivity index (χ0n) is 11.5. The lowest BCUT2D eigenvalue weighted by Crippen LogP contribution is -2.14. The second-order valence-corrected chi connectivity index (χ2v) is 5.41. The van der Waals surface area contributed by atoms with Crippen molar-refractivity contribution in [3.8, 4) is 0 Å². The molecule has 0 bridgehead atoms. The topological polar surface area (TPSA) is 83.6 Å². The fourth-order valence-electron chi connectivity index (χ4n) is 1.46. The zero-order valence-corrected chi connectivity index (χ0v) is 11.5. The lowest BCUT2D eigenvalue weighted by atomic mass is 9.92. The molecule has 19 heavy (non-hydrogen) atoms. The van der Waals surface area contributed by atoms with E-state index in [1.165, 1.54) is 6.20 Å². The Kier molecular flexibility index (Phi) is 3.33. The van der Waals surface area contributed by atoms with Crippen molar-refractivity contribution in [3.63, 3.8) is 0 Å². The van der Waals surface area contributed by atoms with Gasteiger partial charge in [0.15, 0.2) is 5.82 Å². The molecular weight excluding hydrogens is 242 g/mol. The van der Waals surface area contributed by atoms with Crippen LogP contribution in [0.3, 0.4) is 0 Å². The van der Waals surface area contributed by atoms with Crippen LogP contribution in [0.1, 0.15) is 42.6 Å². The summed E-state index contributed by atoms with van der Waals surface area (Å²) in [4.78, 5) is 20.0. The SMILES string of the molecule is Cc1cnc(C(=O)Nc2cc(C(C)(C)C)[nH]n2)cn1. The van der Waals surface area contributed by atoms with Gasteiger partial charge in [-0.25, -0.2) is 4.98 Å². The van der Waals surface area contributed by atoms with Crippen molar-refractivity contribution >= 4 is 11.7 Å². The van der Waals surface area contributed by atoms with Crippen LogP contribution in [0.4, 0.5) is 5.82 Å². The first-order chi connectivity index (χ1) is 8.86. The van der Waals surface area contributed by atoms with Crippen LogP contribution in [0.25, 0.3) is 0 Å². The van der Waals surface area contributed by atoms with E-state index >= 15 is 0 Å². The molecule has 2 N–H and O–H groups in total. The molecule has 6 nitrogen and oxygen atoms in total. The number of rotatable bonds is 2. The number of carbonyl (C=O) groups is 1. The lowest BCUT2D eigenvalue weighted by molar-refractivity contribution is 0.102. The van der Waals surface area contributed by atoms with E-state index in [2.05, 4.69) is 46.3 Å². The van der Waals surface area contributed by atoms with Gasteiger partial charge in [0, 0.05) is 23.4 Å². The summed E-state index contributed by atoms with van der Waals surface area (Å²) in [6.45, 7) is 8.02. The van der Waals surface area contributed by atoms with Gasteiger partial charge in [-0.3, -0.25) is 14.9 Å². The fourth-order valence-corrected chi connectivity index (χ4v) is 1.46. The Bertz CT molecular complexity index is 580. The van der Waals surface area contributed by atoms with Crippen molar-refractivity contribution in [1.29, 1.82) is 0 Å². The molecule has 0 atom stereocenters. The van der Waals surface area contributed by atoms with Gasteiger partial charge < -0.3 is 5.32 Å². The number of carbonyl (C=O) groups excluding carboxylic acids is 1. The zero-order chi connectivity index (χ0) is 14.0. The summed E-state index contributed by atoms with van der Waals surface area (Å²) in [7, 11) is 0. The molecule has 0 aliphatic carbocycles. The van der Waals surface area contributed by atoms with E-state index in [-0.39, 0.29) is 17.0 Å². The maximum absolute atomic E-state index is 11.9. The van der Waals surface area contributed by atoms with E-state index in [0.29, 0.717) is 5.82 Å². The quantitative estimate of drug-likeness (QED) is 0.864. The maximum Gasteiger partial charge on any atom is 0.277 e. The van der Waals surface area contributed by atoms with E-state index in [1.807, 2.05) is 13.0 Å². The van der Waals surface area contributed by atoms with Crippen molar-refractivity contribution in [2.75, 3.05) is 5.32 Å². The summed E-state index contributed by atoms with van der Waals surface area (Å²) in [5, 5.41) is 9.66. The molecule has 0 fully saturated rings. The molecule has 0 aromatic carbocycles. The molecule has 0 unspecified atom stereocenters. The van der Waals surface area contributed by atoms with E-state index in [9.17, 15) is 4.79 Å². The summed E-state index contributed by atoms with van der Waals surface area (Å²) in [5.74, 6) is 0.164. The van der Waals surface area contributed by atoms with Crippen molar-refractivity contribution in [1.82, 2.24) is 20.2 Å². The minimum Gasteiger partial charge on any atom is -0.304 e. The molecule has 1 amide bonds. The predicted molar refractivity (Wildman–Crippen MR) is 72.0 cm³/mol. The smallest absolute Gasteiger partial charge is 0.277 e. The number of H-pyrrole nitrogens is 1. The van der Waals surface area contributed by atoms with Gasteiger partial charge >= 0.3 is 0 Å². The van der Waals surface area contributed by atoms with Gasteiger partial charge in [0.05, 0.1) is 11.9 Å². The largest absolute Gasteiger partial charge is 0.304 e. The number of nitrogens with zero attached hydrogens (tertiary/aromatic N) is 3. The highest BCUT2D eigenvalue weighted by molar-refractivity contribution is 6.02. The van der Waals surface area contributed by atoms with E-state index in [1.54, 1.807) is 6.20 Å². The Morgan fingerprint density at radius 3 is 2.53 bits per heavy atom. The number of hydrogen-bond donors (Lipinski definition) is 2. The van der Waals surface area contributed by atoms with Gasteiger partial charge in [0.25, 0.3) is 5.91 Å². The minimum absolute atomic E-state index is 0.0420. The third kappa shape index (κ3) is 3.15. The van der Waals surface area contributed by atoms with Crippen LogP contribution in [0, 0.1) is 6.92 Å². The van der Waals surface area contributed by atoms with E-state index in [0.717, 1.165) is 11.4 Å². The standard InChI is InChI=1S/C13H17N5O/c1-8-6-15-9(7-14-8)12(19)16-11-5-10(17-18-11)13(2,3)4/h5-7H,1-4H3,(H2,16,17,18,19). The highest BCUT2D eigenvalue weighted by atomic mass is 16.2. The summed E-state index contributed by atoms with van der Waals surface area (Å²) >= 11 is 0. The first kappa shape index (κ1) is 13.2. The van der Waals surface area contributed by atoms with E-state index < -0.39 is 0 Å². The van der Waals surface area contributed by atoms with Crippen molar-refractivity contribution < 1.29 is 4.79 Å². The molecule has 0 aliphatic rings. The molecule has 0 spiro atoms. The Hall–Kier alpha value is -2.24. The lowest BCUT2D eigenvalue weighted by Gasteiger charge is -2.14. The molecule has 0 radical (unpaired) electrons. The van der Waals surface area contributed by atoms with Crippen LogP contribution in [-0.4, -0.2) is 26.1 Å². The van der Waals surface area contributed by atoms with Crippen LogP contribution in [0.2, 0.25) is 0 Å². The number of aromatic amines is 1. The van der Waals surface area contributed by atoms with Crippen LogP contribution >= 0.6 is 0 Å². The Labute approximate surface area is 111 Å². The molecule has 6 heteroatoms. The number of nitrogens with one attached hydrogen (secondary N) is 2. The Balaban J connectivity index is 2.11. The monoisotopic (exact) mass is 259 g/mol. The minimum atomic E-state index is -0.320. The maximum atomic E-state index is 11.9. The summed E-state index contributed by atoms with van der Waals surface area (Å²) in [6, 6.07) is 1.82. The molecule has 0 saturated carbocycles. The molecule has 2 aromatic rings. The second-order valence-electron chi connectivity index (χ2n) is 5.41. The van der Waals surface area contributed by atoms with E-state index in [4.69, 9.17) is 0 Å². The number of anilines is 1. The van der Waals surface area contributed by atoms with Crippen molar-refractivity contribution in [2.45, 2.75) is 33.1 Å². The van der Waals surface area contributed by atoms with Gasteiger partial charge in [0.1, 0.15) is 5.69 Å². The predicted octanol–water partition coefficient (Wildman–Crippen LogP) is 2.06. The Morgan fingerprint density at radius 1 is 1.26 bits per heavy atom. The average molecular weight is 259 g/mol. The number of hydrogen-bond acceptors (Lipinski definition) is 4. The number of aromatic nitrogens is 4. The molecule has 100 valence electrons. The molecule has 2 aromatic heterocycles. The number of aryl methyl sites for hydroxylation is 1. The highest BCUT2D eigenvalue weighted by Gasteiger charge is 2.18.